The van der Waals surface area contributed by atoms with E-state index in [9.17, 15) is 19.5 Å². The van der Waals surface area contributed by atoms with Crippen molar-refractivity contribution in [2.45, 2.75) is 25.5 Å². The summed E-state index contributed by atoms with van der Waals surface area (Å²) in [7, 11) is 0. The van der Waals surface area contributed by atoms with Crippen molar-refractivity contribution in [1.82, 2.24) is 5.32 Å². The number of aliphatic carboxylic acids is 1. The van der Waals surface area contributed by atoms with E-state index >= 15 is 0 Å². The van der Waals surface area contributed by atoms with Gasteiger partial charge < -0.3 is 19.6 Å². The van der Waals surface area contributed by atoms with Gasteiger partial charge in [0.1, 0.15) is 17.4 Å². The van der Waals surface area contributed by atoms with E-state index in [2.05, 4.69) is 5.32 Å². The van der Waals surface area contributed by atoms with Crippen LogP contribution in [0.5, 0.6) is 5.75 Å². The highest BCUT2D eigenvalue weighted by atomic mass is 32.2. The van der Waals surface area contributed by atoms with Gasteiger partial charge in [-0.05, 0) is 48.6 Å². The van der Waals surface area contributed by atoms with Gasteiger partial charge >= 0.3 is 11.6 Å². The molecule has 2 aromatic carbocycles. The Morgan fingerprint density at radius 2 is 1.90 bits per heavy atom. The maximum Gasteiger partial charge on any atom is 0.336 e. The lowest BCUT2D eigenvalue weighted by Gasteiger charge is -2.19. The Morgan fingerprint density at radius 1 is 1.16 bits per heavy atom. The fraction of sp³-hybridized carbons (Fsp3) is 0.261. The standard InChI is InChI=1S/C23H23NO6S/c1-14(22(26)24-19(23(27)28)10-11-31-2)29-16-8-9-17-18(15-6-4-3-5-7-15)13-21(25)30-20(17)12-16/h3-9,12-14,19H,10-11H2,1-2H3,(H,24,26)(H,27,28)/t14-,19+/m0/s1. The molecule has 0 spiro atoms. The van der Waals surface area contributed by atoms with Crippen molar-refractivity contribution < 1.29 is 23.8 Å². The fourth-order valence-corrected chi connectivity index (χ4v) is 3.58. The van der Waals surface area contributed by atoms with Crippen LogP contribution in [0, 0.1) is 0 Å². The molecule has 0 bridgehead atoms. The monoisotopic (exact) mass is 441 g/mol. The Bertz CT molecular complexity index is 1130. The number of rotatable bonds is 9. The Balaban J connectivity index is 1.80. The summed E-state index contributed by atoms with van der Waals surface area (Å²) in [6.07, 6.45) is 1.25. The molecule has 1 heterocycles. The second-order valence-electron chi connectivity index (χ2n) is 6.94. The molecule has 0 fully saturated rings. The molecule has 31 heavy (non-hydrogen) atoms. The third-order valence-corrected chi connectivity index (χ3v) is 5.35. The maximum atomic E-state index is 12.4. The Hall–Kier alpha value is -3.26. The maximum absolute atomic E-state index is 12.4. The van der Waals surface area contributed by atoms with E-state index < -0.39 is 29.6 Å². The molecule has 1 amide bonds. The van der Waals surface area contributed by atoms with Gasteiger partial charge in [-0.15, -0.1) is 0 Å². The van der Waals surface area contributed by atoms with Crippen LogP contribution in [0.15, 0.2) is 63.8 Å². The van der Waals surface area contributed by atoms with Crippen LogP contribution in [-0.4, -0.2) is 41.1 Å². The molecule has 0 aliphatic rings. The number of carboxylic acid groups (broad SMARTS) is 1. The van der Waals surface area contributed by atoms with E-state index in [1.165, 1.54) is 24.8 Å². The van der Waals surface area contributed by atoms with E-state index in [1.807, 2.05) is 36.6 Å². The first kappa shape index (κ1) is 22.4. The molecule has 2 atom stereocenters. The minimum atomic E-state index is -1.09. The molecule has 0 unspecified atom stereocenters. The number of thioether (sulfide) groups is 1. The molecule has 2 N–H and O–H groups in total. The summed E-state index contributed by atoms with van der Waals surface area (Å²) in [5.41, 5.74) is 1.46. The Labute approximate surface area is 183 Å². The molecule has 7 nitrogen and oxygen atoms in total. The van der Waals surface area contributed by atoms with Crippen LogP contribution >= 0.6 is 11.8 Å². The molecule has 3 rings (SSSR count). The summed E-state index contributed by atoms with van der Waals surface area (Å²) in [4.78, 5) is 35.8. The Kier molecular flexibility index (Phi) is 7.36. The molecule has 0 aliphatic heterocycles. The number of amides is 1. The van der Waals surface area contributed by atoms with Gasteiger partial charge in [0, 0.05) is 17.5 Å². The van der Waals surface area contributed by atoms with Gasteiger partial charge in [0.05, 0.1) is 0 Å². The SMILES string of the molecule is CSCC[C@@H](NC(=O)[C@H](C)Oc1ccc2c(-c3ccccc3)cc(=O)oc2c1)C(=O)O. The van der Waals surface area contributed by atoms with Crippen molar-refractivity contribution in [2.24, 2.45) is 0 Å². The number of carbonyl (C=O) groups excluding carboxylic acids is 1. The highest BCUT2D eigenvalue weighted by Crippen LogP contribution is 2.29. The van der Waals surface area contributed by atoms with Crippen molar-refractivity contribution in [3.8, 4) is 16.9 Å². The predicted octanol–water partition coefficient (Wildman–Crippen LogP) is 3.55. The molecular weight excluding hydrogens is 418 g/mol. The van der Waals surface area contributed by atoms with Crippen LogP contribution in [0.2, 0.25) is 0 Å². The second-order valence-corrected chi connectivity index (χ2v) is 7.93. The van der Waals surface area contributed by atoms with Gasteiger partial charge in [-0.1, -0.05) is 30.3 Å². The molecule has 0 radical (unpaired) electrons. The summed E-state index contributed by atoms with van der Waals surface area (Å²) >= 11 is 1.51. The van der Waals surface area contributed by atoms with Gasteiger partial charge in [-0.25, -0.2) is 9.59 Å². The second kappa shape index (κ2) is 10.2. The fourth-order valence-electron chi connectivity index (χ4n) is 3.11. The Morgan fingerprint density at radius 3 is 2.58 bits per heavy atom. The van der Waals surface area contributed by atoms with Crippen LogP contribution in [0.3, 0.4) is 0 Å². The van der Waals surface area contributed by atoms with Gasteiger partial charge in [-0.3, -0.25) is 4.79 Å². The number of nitrogens with one attached hydrogen (secondary N) is 1. The van der Waals surface area contributed by atoms with Crippen molar-refractivity contribution in [1.29, 1.82) is 0 Å². The van der Waals surface area contributed by atoms with Crippen LogP contribution in [0.25, 0.3) is 22.1 Å². The lowest BCUT2D eigenvalue weighted by atomic mass is 10.0. The van der Waals surface area contributed by atoms with Crippen molar-refractivity contribution in [3.63, 3.8) is 0 Å². The van der Waals surface area contributed by atoms with Gasteiger partial charge in [-0.2, -0.15) is 11.8 Å². The molecule has 8 heteroatoms. The minimum Gasteiger partial charge on any atom is -0.481 e. The first-order valence-electron chi connectivity index (χ1n) is 9.71. The van der Waals surface area contributed by atoms with Crippen molar-refractivity contribution in [3.05, 3.63) is 65.0 Å². The smallest absolute Gasteiger partial charge is 0.336 e. The normalized spacial score (nSPS) is 12.8. The van der Waals surface area contributed by atoms with E-state index in [0.717, 1.165) is 16.5 Å². The zero-order chi connectivity index (χ0) is 22.4. The topological polar surface area (TPSA) is 106 Å². The molecule has 3 aromatic rings. The average molecular weight is 442 g/mol. The van der Waals surface area contributed by atoms with Gasteiger partial charge in [0.25, 0.3) is 5.91 Å². The lowest BCUT2D eigenvalue weighted by molar-refractivity contribution is -0.142. The van der Waals surface area contributed by atoms with E-state index in [1.54, 1.807) is 18.2 Å². The third-order valence-electron chi connectivity index (χ3n) is 4.71. The number of ether oxygens (including phenoxy) is 1. The summed E-state index contributed by atoms with van der Waals surface area (Å²) in [6.45, 7) is 1.53. The van der Waals surface area contributed by atoms with E-state index in [-0.39, 0.29) is 0 Å². The molecule has 0 saturated heterocycles. The van der Waals surface area contributed by atoms with Crippen LogP contribution < -0.4 is 15.7 Å². The molecule has 0 saturated carbocycles. The summed E-state index contributed by atoms with van der Waals surface area (Å²) < 4.78 is 11.0. The van der Waals surface area contributed by atoms with Crippen LogP contribution in [0.1, 0.15) is 13.3 Å². The summed E-state index contributed by atoms with van der Waals surface area (Å²) in [6, 6.07) is 14.9. The lowest BCUT2D eigenvalue weighted by Crippen LogP contribution is -2.46. The molecular formula is C23H23NO6S. The highest BCUT2D eigenvalue weighted by molar-refractivity contribution is 7.98. The third kappa shape index (κ3) is 5.67. The number of benzene rings is 2. The number of hydrogen-bond donors (Lipinski definition) is 2. The predicted molar refractivity (Wildman–Crippen MR) is 121 cm³/mol. The number of carboxylic acids is 1. The summed E-state index contributed by atoms with van der Waals surface area (Å²) in [5, 5.41) is 12.5. The van der Waals surface area contributed by atoms with Gasteiger partial charge in [0.2, 0.25) is 0 Å². The summed E-state index contributed by atoms with van der Waals surface area (Å²) in [5.74, 6) is -0.678. The minimum absolute atomic E-state index is 0.318. The van der Waals surface area contributed by atoms with Crippen LogP contribution in [-0.2, 0) is 9.59 Å². The van der Waals surface area contributed by atoms with Crippen molar-refractivity contribution >= 4 is 34.6 Å². The first-order valence-corrected chi connectivity index (χ1v) is 11.1. The number of hydrogen-bond acceptors (Lipinski definition) is 6. The zero-order valence-corrected chi connectivity index (χ0v) is 18.0. The molecule has 0 aliphatic carbocycles. The number of carbonyl (C=O) groups is 2. The number of fused-ring (bicyclic) bond motifs is 1. The molecule has 1 aromatic heterocycles. The van der Waals surface area contributed by atoms with Crippen LogP contribution in [0.4, 0.5) is 0 Å². The van der Waals surface area contributed by atoms with Crippen molar-refractivity contribution in [2.75, 3.05) is 12.0 Å². The van der Waals surface area contributed by atoms with E-state index in [4.69, 9.17) is 9.15 Å². The van der Waals surface area contributed by atoms with Gasteiger partial charge in [0.15, 0.2) is 6.10 Å². The quantitative estimate of drug-likeness (QED) is 0.489. The van der Waals surface area contributed by atoms with E-state index in [0.29, 0.717) is 23.5 Å². The molecule has 162 valence electrons. The largest absolute Gasteiger partial charge is 0.481 e. The highest BCUT2D eigenvalue weighted by Gasteiger charge is 2.23. The average Bonchev–Trinajstić information content (AvgIpc) is 2.76. The zero-order valence-electron chi connectivity index (χ0n) is 17.2. The first-order chi connectivity index (χ1) is 14.9.